The van der Waals surface area contributed by atoms with Crippen LogP contribution in [0.5, 0.6) is 0 Å². The van der Waals surface area contributed by atoms with E-state index in [9.17, 15) is 8.42 Å². The van der Waals surface area contributed by atoms with Crippen molar-refractivity contribution in [3.05, 3.63) is 34.3 Å². The Morgan fingerprint density at radius 2 is 1.94 bits per heavy atom. The van der Waals surface area contributed by atoms with E-state index in [1.54, 1.807) is 6.92 Å². The van der Waals surface area contributed by atoms with Gasteiger partial charge in [-0.3, -0.25) is 0 Å². The Morgan fingerprint density at radius 3 is 2.39 bits per heavy atom. The van der Waals surface area contributed by atoms with Crippen LogP contribution in [0.25, 0.3) is 0 Å². The van der Waals surface area contributed by atoms with Crippen molar-refractivity contribution in [1.29, 1.82) is 0 Å². The Hall–Kier alpha value is -0.460. The molecule has 0 radical (unpaired) electrons. The second-order valence-electron chi connectivity index (χ2n) is 4.42. The number of halogens is 1. The van der Waals surface area contributed by atoms with E-state index in [1.165, 1.54) is 0 Å². The molecule has 0 saturated heterocycles. The summed E-state index contributed by atoms with van der Waals surface area (Å²) in [6.45, 7) is 1.66. The topological polar surface area (TPSA) is 60.2 Å². The minimum atomic E-state index is -3.11. The molecule has 0 bridgehead atoms. The van der Waals surface area contributed by atoms with Crippen LogP contribution in [0.1, 0.15) is 18.4 Å². The SMILES string of the molecule is CCS(=O)(=O)[C@@H]1[C@H](C(N)=S)[C@@H]1c1ccc(Br)cc1. The normalized spacial score (nSPS) is 26.9. The molecule has 2 rings (SSSR count). The highest BCUT2D eigenvalue weighted by Crippen LogP contribution is 2.52. The standard InChI is InChI=1S/C12H14BrNO2S2/c1-2-18(15,16)11-9(10(11)12(14)17)7-3-5-8(13)6-4-7/h3-6,9-11H,2H2,1H3,(H2,14,17)/t9-,10+,11-/m0/s1. The van der Waals surface area contributed by atoms with Gasteiger partial charge in [0, 0.05) is 22.1 Å². The molecule has 0 spiro atoms. The van der Waals surface area contributed by atoms with Crippen LogP contribution in [0.2, 0.25) is 0 Å². The largest absolute Gasteiger partial charge is 0.393 e. The fraction of sp³-hybridized carbons (Fsp3) is 0.417. The van der Waals surface area contributed by atoms with Crippen molar-refractivity contribution in [2.45, 2.75) is 18.1 Å². The molecule has 0 unspecified atom stereocenters. The fourth-order valence-electron chi connectivity index (χ4n) is 2.34. The second kappa shape index (κ2) is 4.90. The van der Waals surface area contributed by atoms with Crippen LogP contribution in [0.3, 0.4) is 0 Å². The third-order valence-electron chi connectivity index (χ3n) is 3.35. The number of hydrogen-bond donors (Lipinski definition) is 1. The first-order valence-corrected chi connectivity index (χ1v) is 8.56. The van der Waals surface area contributed by atoms with Crippen molar-refractivity contribution in [3.8, 4) is 0 Å². The van der Waals surface area contributed by atoms with Crippen LogP contribution in [-0.2, 0) is 9.84 Å². The zero-order valence-electron chi connectivity index (χ0n) is 9.84. The van der Waals surface area contributed by atoms with E-state index < -0.39 is 15.1 Å². The molecule has 3 nitrogen and oxygen atoms in total. The predicted molar refractivity (Wildman–Crippen MR) is 80.4 cm³/mol. The molecule has 3 atom stereocenters. The molecule has 1 aromatic rings. The fourth-order valence-corrected chi connectivity index (χ4v) is 4.82. The van der Waals surface area contributed by atoms with Gasteiger partial charge in [-0.1, -0.05) is 47.2 Å². The maximum Gasteiger partial charge on any atom is 0.154 e. The van der Waals surface area contributed by atoms with Gasteiger partial charge in [-0.2, -0.15) is 0 Å². The lowest BCUT2D eigenvalue weighted by Crippen LogP contribution is -2.18. The maximum absolute atomic E-state index is 12.0. The van der Waals surface area contributed by atoms with Crippen molar-refractivity contribution in [3.63, 3.8) is 0 Å². The lowest BCUT2D eigenvalue weighted by atomic mass is 10.1. The van der Waals surface area contributed by atoms with Gasteiger partial charge < -0.3 is 5.73 Å². The number of nitrogens with two attached hydrogens (primary N) is 1. The highest BCUT2D eigenvalue weighted by atomic mass is 79.9. The smallest absolute Gasteiger partial charge is 0.154 e. The summed E-state index contributed by atoms with van der Waals surface area (Å²) in [4.78, 5) is 0.296. The number of benzene rings is 1. The van der Waals surface area contributed by atoms with E-state index in [4.69, 9.17) is 18.0 Å². The van der Waals surface area contributed by atoms with Gasteiger partial charge in [0.25, 0.3) is 0 Å². The van der Waals surface area contributed by atoms with Gasteiger partial charge in [-0.25, -0.2) is 8.42 Å². The average Bonchev–Trinajstić information content (AvgIpc) is 3.06. The van der Waals surface area contributed by atoms with Gasteiger partial charge in [0.1, 0.15) is 0 Å². The van der Waals surface area contributed by atoms with Gasteiger partial charge in [0.15, 0.2) is 9.84 Å². The molecule has 18 heavy (non-hydrogen) atoms. The van der Waals surface area contributed by atoms with Gasteiger partial charge in [-0.05, 0) is 17.7 Å². The molecular weight excluding hydrogens is 334 g/mol. The zero-order chi connectivity index (χ0) is 13.5. The van der Waals surface area contributed by atoms with Crippen LogP contribution in [0.4, 0.5) is 0 Å². The number of rotatable bonds is 4. The first kappa shape index (κ1) is 14.0. The highest BCUT2D eigenvalue weighted by molar-refractivity contribution is 9.10. The summed E-state index contributed by atoms with van der Waals surface area (Å²) in [6.07, 6.45) is 0. The van der Waals surface area contributed by atoms with E-state index in [2.05, 4.69) is 15.9 Å². The lowest BCUT2D eigenvalue weighted by molar-refractivity contribution is 0.594. The third kappa shape index (κ3) is 2.46. The van der Waals surface area contributed by atoms with Gasteiger partial charge in [0.05, 0.1) is 10.2 Å². The van der Waals surface area contributed by atoms with Gasteiger partial charge >= 0.3 is 0 Å². The van der Waals surface area contributed by atoms with Crippen LogP contribution in [0.15, 0.2) is 28.7 Å². The Balaban J connectivity index is 2.33. The van der Waals surface area contributed by atoms with Crippen LogP contribution in [-0.4, -0.2) is 24.4 Å². The van der Waals surface area contributed by atoms with Crippen molar-refractivity contribution in [2.24, 2.45) is 11.7 Å². The van der Waals surface area contributed by atoms with E-state index in [0.29, 0.717) is 4.99 Å². The van der Waals surface area contributed by atoms with Crippen molar-refractivity contribution in [1.82, 2.24) is 0 Å². The summed E-state index contributed by atoms with van der Waals surface area (Å²) in [5, 5.41) is -0.443. The first-order valence-electron chi connectivity index (χ1n) is 5.65. The summed E-state index contributed by atoms with van der Waals surface area (Å²) in [6, 6.07) is 7.65. The van der Waals surface area contributed by atoms with Crippen LogP contribution >= 0.6 is 28.1 Å². The molecule has 0 aromatic heterocycles. The monoisotopic (exact) mass is 347 g/mol. The summed E-state index contributed by atoms with van der Waals surface area (Å²) in [5.74, 6) is -0.171. The second-order valence-corrected chi connectivity index (χ2v) is 8.26. The van der Waals surface area contributed by atoms with E-state index in [-0.39, 0.29) is 17.6 Å². The predicted octanol–water partition coefficient (Wildman–Crippen LogP) is 2.25. The molecule has 1 aromatic carbocycles. The number of hydrogen-bond acceptors (Lipinski definition) is 3. The van der Waals surface area contributed by atoms with Crippen molar-refractivity contribution >= 4 is 43.0 Å². The van der Waals surface area contributed by atoms with E-state index in [0.717, 1.165) is 10.0 Å². The first-order chi connectivity index (χ1) is 8.38. The Kier molecular flexibility index (Phi) is 3.80. The summed E-state index contributed by atoms with van der Waals surface area (Å²) >= 11 is 8.34. The molecule has 1 saturated carbocycles. The molecule has 0 amide bonds. The minimum absolute atomic E-state index is 0.0828. The average molecular weight is 348 g/mol. The summed E-state index contributed by atoms with van der Waals surface area (Å²) in [7, 11) is -3.11. The van der Waals surface area contributed by atoms with Crippen LogP contribution < -0.4 is 5.73 Å². The molecule has 0 aliphatic heterocycles. The third-order valence-corrected chi connectivity index (χ3v) is 6.38. The number of thiocarbonyl (C=S) groups is 1. The summed E-state index contributed by atoms with van der Waals surface area (Å²) < 4.78 is 25.0. The molecule has 0 heterocycles. The molecule has 6 heteroatoms. The Morgan fingerprint density at radius 1 is 1.39 bits per heavy atom. The minimum Gasteiger partial charge on any atom is -0.393 e. The molecule has 98 valence electrons. The summed E-state index contributed by atoms with van der Waals surface area (Å²) in [5.41, 5.74) is 6.64. The molecular formula is C12H14BrNO2S2. The van der Waals surface area contributed by atoms with Crippen molar-refractivity contribution < 1.29 is 8.42 Å². The lowest BCUT2D eigenvalue weighted by Gasteiger charge is -2.00. The van der Waals surface area contributed by atoms with E-state index >= 15 is 0 Å². The number of sulfone groups is 1. The van der Waals surface area contributed by atoms with Crippen LogP contribution in [0, 0.1) is 5.92 Å². The Bertz CT molecular complexity index is 568. The van der Waals surface area contributed by atoms with Gasteiger partial charge in [0.2, 0.25) is 0 Å². The van der Waals surface area contributed by atoms with Gasteiger partial charge in [-0.15, -0.1) is 0 Å². The highest BCUT2D eigenvalue weighted by Gasteiger charge is 2.59. The molecule has 1 fully saturated rings. The van der Waals surface area contributed by atoms with E-state index in [1.807, 2.05) is 24.3 Å². The molecule has 1 aliphatic rings. The zero-order valence-corrected chi connectivity index (χ0v) is 13.1. The molecule has 1 aliphatic carbocycles. The Labute approximate surface area is 121 Å². The molecule has 2 N–H and O–H groups in total. The quantitative estimate of drug-likeness (QED) is 0.848. The maximum atomic E-state index is 12.0. The van der Waals surface area contributed by atoms with Crippen molar-refractivity contribution in [2.75, 3.05) is 5.75 Å².